The van der Waals surface area contributed by atoms with Crippen LogP contribution in [0.1, 0.15) is 22.3 Å². The summed E-state index contributed by atoms with van der Waals surface area (Å²) in [5.41, 5.74) is 8.54. The molecule has 0 spiro atoms. The standard InChI is InChI=1S/C17H18N4O2/c18-7-5-16(22)20-14-4-3-12-6-9-21(15(12)10-14)17(23)13-2-1-8-19-11-13/h1-4,8,10-11H,5-7,9,18H2,(H,20,22). The van der Waals surface area contributed by atoms with E-state index in [1.807, 2.05) is 18.2 Å². The first-order valence-corrected chi connectivity index (χ1v) is 7.54. The molecule has 0 aliphatic carbocycles. The Kier molecular flexibility index (Phi) is 4.34. The Hall–Kier alpha value is -2.73. The second-order valence-electron chi connectivity index (χ2n) is 5.38. The van der Waals surface area contributed by atoms with E-state index in [1.54, 1.807) is 29.4 Å². The molecule has 0 unspecified atom stereocenters. The topological polar surface area (TPSA) is 88.3 Å². The third kappa shape index (κ3) is 3.22. The lowest BCUT2D eigenvalue weighted by Gasteiger charge is -2.18. The Morgan fingerprint density at radius 1 is 1.30 bits per heavy atom. The van der Waals surface area contributed by atoms with Crippen molar-refractivity contribution in [3.05, 3.63) is 53.9 Å². The number of benzene rings is 1. The van der Waals surface area contributed by atoms with Gasteiger partial charge in [-0.3, -0.25) is 14.6 Å². The molecule has 23 heavy (non-hydrogen) atoms. The predicted octanol–water partition coefficient (Wildman–Crippen LogP) is 1.57. The molecule has 1 aromatic heterocycles. The van der Waals surface area contributed by atoms with Gasteiger partial charge in [0.25, 0.3) is 5.91 Å². The van der Waals surface area contributed by atoms with E-state index in [4.69, 9.17) is 5.73 Å². The van der Waals surface area contributed by atoms with E-state index >= 15 is 0 Å². The van der Waals surface area contributed by atoms with Crippen molar-refractivity contribution >= 4 is 23.2 Å². The first kappa shape index (κ1) is 15.2. The number of aromatic nitrogens is 1. The molecule has 1 aliphatic rings. The molecule has 0 saturated heterocycles. The number of anilines is 2. The summed E-state index contributed by atoms with van der Waals surface area (Å²) in [6.07, 6.45) is 4.28. The number of carbonyl (C=O) groups is 2. The second-order valence-corrected chi connectivity index (χ2v) is 5.38. The molecule has 0 bridgehead atoms. The highest BCUT2D eigenvalue weighted by molar-refractivity contribution is 6.07. The Morgan fingerprint density at radius 2 is 2.17 bits per heavy atom. The Bertz CT molecular complexity index is 731. The van der Waals surface area contributed by atoms with Gasteiger partial charge >= 0.3 is 0 Å². The van der Waals surface area contributed by atoms with Crippen LogP contribution in [0.5, 0.6) is 0 Å². The fourth-order valence-corrected chi connectivity index (χ4v) is 2.67. The Labute approximate surface area is 134 Å². The number of nitrogens with one attached hydrogen (secondary N) is 1. The zero-order valence-corrected chi connectivity index (χ0v) is 12.7. The maximum absolute atomic E-state index is 12.6. The van der Waals surface area contributed by atoms with Crippen molar-refractivity contribution in [2.24, 2.45) is 5.73 Å². The highest BCUT2D eigenvalue weighted by atomic mass is 16.2. The number of rotatable bonds is 4. The van der Waals surface area contributed by atoms with E-state index in [9.17, 15) is 9.59 Å². The van der Waals surface area contributed by atoms with E-state index in [0.29, 0.717) is 24.3 Å². The molecular formula is C17H18N4O2. The van der Waals surface area contributed by atoms with Crippen molar-refractivity contribution in [3.8, 4) is 0 Å². The number of pyridine rings is 1. The average molecular weight is 310 g/mol. The van der Waals surface area contributed by atoms with Gasteiger partial charge in [0.1, 0.15) is 0 Å². The fraction of sp³-hybridized carbons (Fsp3) is 0.235. The van der Waals surface area contributed by atoms with E-state index in [0.717, 1.165) is 17.7 Å². The number of hydrogen-bond donors (Lipinski definition) is 2. The number of fused-ring (bicyclic) bond motifs is 1. The largest absolute Gasteiger partial charge is 0.330 e. The van der Waals surface area contributed by atoms with Gasteiger partial charge in [-0.2, -0.15) is 0 Å². The number of nitrogens with zero attached hydrogens (tertiary/aromatic N) is 2. The maximum Gasteiger partial charge on any atom is 0.259 e. The summed E-state index contributed by atoms with van der Waals surface area (Å²) in [5, 5.41) is 2.80. The molecule has 0 atom stereocenters. The van der Waals surface area contributed by atoms with Crippen molar-refractivity contribution in [2.45, 2.75) is 12.8 Å². The van der Waals surface area contributed by atoms with Crippen molar-refractivity contribution in [3.63, 3.8) is 0 Å². The van der Waals surface area contributed by atoms with Gasteiger partial charge in [-0.05, 0) is 36.2 Å². The van der Waals surface area contributed by atoms with E-state index in [-0.39, 0.29) is 18.2 Å². The van der Waals surface area contributed by atoms with Crippen LogP contribution in [-0.4, -0.2) is 29.9 Å². The van der Waals surface area contributed by atoms with E-state index < -0.39 is 0 Å². The number of hydrogen-bond acceptors (Lipinski definition) is 4. The van der Waals surface area contributed by atoms with E-state index in [2.05, 4.69) is 10.3 Å². The Balaban J connectivity index is 1.84. The van der Waals surface area contributed by atoms with Crippen molar-refractivity contribution in [1.82, 2.24) is 4.98 Å². The molecule has 2 amide bonds. The van der Waals surface area contributed by atoms with Gasteiger partial charge in [-0.15, -0.1) is 0 Å². The fourth-order valence-electron chi connectivity index (χ4n) is 2.67. The van der Waals surface area contributed by atoms with Crippen molar-refractivity contribution in [1.29, 1.82) is 0 Å². The molecule has 6 nitrogen and oxygen atoms in total. The van der Waals surface area contributed by atoms with Crippen LogP contribution in [0.15, 0.2) is 42.7 Å². The van der Waals surface area contributed by atoms with Gasteiger partial charge < -0.3 is 16.0 Å². The van der Waals surface area contributed by atoms with Gasteiger partial charge in [0.15, 0.2) is 0 Å². The lowest BCUT2D eigenvalue weighted by Crippen LogP contribution is -2.29. The minimum Gasteiger partial charge on any atom is -0.330 e. The highest BCUT2D eigenvalue weighted by Gasteiger charge is 2.26. The molecule has 2 aromatic rings. The smallest absolute Gasteiger partial charge is 0.259 e. The minimum absolute atomic E-state index is 0.0812. The predicted molar refractivity (Wildman–Crippen MR) is 88.4 cm³/mol. The average Bonchev–Trinajstić information content (AvgIpc) is 2.98. The highest BCUT2D eigenvalue weighted by Crippen LogP contribution is 2.32. The SMILES string of the molecule is NCCC(=O)Nc1ccc2c(c1)N(C(=O)c1cccnc1)CC2. The molecule has 1 aromatic carbocycles. The van der Waals surface area contributed by atoms with Crippen molar-refractivity contribution < 1.29 is 9.59 Å². The maximum atomic E-state index is 12.6. The summed E-state index contributed by atoms with van der Waals surface area (Å²) in [5.74, 6) is -0.210. The normalized spacial score (nSPS) is 12.8. The zero-order chi connectivity index (χ0) is 16.2. The van der Waals surface area contributed by atoms with Gasteiger partial charge in [0, 0.05) is 43.3 Å². The lowest BCUT2D eigenvalue weighted by molar-refractivity contribution is -0.116. The molecular weight excluding hydrogens is 292 g/mol. The molecule has 118 valence electrons. The first-order chi connectivity index (χ1) is 11.2. The van der Waals surface area contributed by atoms with Crippen LogP contribution in [0.25, 0.3) is 0 Å². The van der Waals surface area contributed by atoms with Crippen LogP contribution in [0.4, 0.5) is 11.4 Å². The monoisotopic (exact) mass is 310 g/mol. The van der Waals surface area contributed by atoms with Gasteiger partial charge in [-0.1, -0.05) is 6.07 Å². The molecule has 0 radical (unpaired) electrons. The molecule has 2 heterocycles. The third-order valence-corrected chi connectivity index (χ3v) is 3.79. The molecule has 0 fully saturated rings. The summed E-state index contributed by atoms with van der Waals surface area (Å²) in [7, 11) is 0. The van der Waals surface area contributed by atoms with E-state index in [1.165, 1.54) is 0 Å². The lowest BCUT2D eigenvalue weighted by atomic mass is 10.1. The number of amides is 2. The van der Waals surface area contributed by atoms with Crippen LogP contribution >= 0.6 is 0 Å². The number of carbonyl (C=O) groups excluding carboxylic acids is 2. The van der Waals surface area contributed by atoms with Crippen LogP contribution in [0, 0.1) is 0 Å². The molecule has 6 heteroatoms. The molecule has 0 saturated carbocycles. The van der Waals surface area contributed by atoms with Crippen LogP contribution in [0.2, 0.25) is 0 Å². The minimum atomic E-state index is -0.129. The number of nitrogens with two attached hydrogens (primary N) is 1. The summed E-state index contributed by atoms with van der Waals surface area (Å²) in [6.45, 7) is 0.936. The summed E-state index contributed by atoms with van der Waals surface area (Å²) >= 11 is 0. The summed E-state index contributed by atoms with van der Waals surface area (Å²) in [4.78, 5) is 30.0. The van der Waals surface area contributed by atoms with Crippen LogP contribution in [-0.2, 0) is 11.2 Å². The summed E-state index contributed by atoms with van der Waals surface area (Å²) in [6, 6.07) is 9.13. The molecule has 1 aliphatic heterocycles. The van der Waals surface area contributed by atoms with Crippen LogP contribution < -0.4 is 16.0 Å². The zero-order valence-electron chi connectivity index (χ0n) is 12.7. The second kappa shape index (κ2) is 6.58. The third-order valence-electron chi connectivity index (χ3n) is 3.79. The summed E-state index contributed by atoms with van der Waals surface area (Å²) < 4.78 is 0. The van der Waals surface area contributed by atoms with Gasteiger partial charge in [-0.25, -0.2) is 0 Å². The van der Waals surface area contributed by atoms with Crippen LogP contribution in [0.3, 0.4) is 0 Å². The molecule has 3 rings (SSSR count). The van der Waals surface area contributed by atoms with Crippen molar-refractivity contribution in [2.75, 3.05) is 23.3 Å². The van der Waals surface area contributed by atoms with Gasteiger partial charge in [0.05, 0.1) is 5.56 Å². The first-order valence-electron chi connectivity index (χ1n) is 7.54. The Morgan fingerprint density at radius 3 is 2.91 bits per heavy atom. The van der Waals surface area contributed by atoms with Gasteiger partial charge in [0.2, 0.25) is 5.91 Å². The molecule has 3 N–H and O–H groups in total. The quantitative estimate of drug-likeness (QED) is 0.897.